The zero-order valence-electron chi connectivity index (χ0n) is 10.3. The second-order valence-corrected chi connectivity index (χ2v) is 5.28. The summed E-state index contributed by atoms with van der Waals surface area (Å²) in [6, 6.07) is 4.08. The summed E-state index contributed by atoms with van der Waals surface area (Å²) in [5, 5.41) is 4.18. The van der Waals surface area contributed by atoms with Gasteiger partial charge in [-0.2, -0.15) is 0 Å². The van der Waals surface area contributed by atoms with Crippen LogP contribution in [0.1, 0.15) is 47.5 Å². The summed E-state index contributed by atoms with van der Waals surface area (Å²) < 4.78 is 4.03. The van der Waals surface area contributed by atoms with Crippen LogP contribution in [0.4, 0.5) is 0 Å². The van der Waals surface area contributed by atoms with Crippen molar-refractivity contribution in [3.63, 3.8) is 0 Å². The molecule has 0 aromatic carbocycles. The Bertz CT molecular complexity index is 488. The number of rotatable bonds is 3. The number of aryl methyl sites for hydroxylation is 1. The van der Waals surface area contributed by atoms with Crippen molar-refractivity contribution in [2.24, 2.45) is 0 Å². The summed E-state index contributed by atoms with van der Waals surface area (Å²) in [6.07, 6.45) is 1.87. The Labute approximate surface area is 106 Å². The van der Waals surface area contributed by atoms with E-state index in [2.05, 4.69) is 41.4 Å². The Kier molecular flexibility index (Phi) is 3.52. The van der Waals surface area contributed by atoms with Crippen LogP contribution in [-0.2, 0) is 0 Å². The molecule has 2 heterocycles. The molecule has 0 aliphatic carbocycles. The van der Waals surface area contributed by atoms with E-state index in [1.54, 1.807) is 0 Å². The summed E-state index contributed by atoms with van der Waals surface area (Å²) in [5.41, 5.74) is 3.17. The van der Waals surface area contributed by atoms with Gasteiger partial charge in [0.25, 0.3) is 0 Å². The lowest BCUT2D eigenvalue weighted by molar-refractivity contribution is 0.787. The molecule has 1 radical (unpaired) electrons. The third-order valence-electron chi connectivity index (χ3n) is 2.69. The highest BCUT2D eigenvalue weighted by Crippen LogP contribution is 2.30. The molecular weight excluding hydrogens is 230 g/mol. The quantitative estimate of drug-likeness (QED) is 0.833. The molecule has 89 valence electrons. The minimum absolute atomic E-state index is 0.0213. The minimum Gasteiger partial charge on any atom is -0.260 e. The summed E-state index contributed by atoms with van der Waals surface area (Å²) in [6.45, 7) is 10.5. The van der Waals surface area contributed by atoms with Crippen molar-refractivity contribution in [1.29, 1.82) is 0 Å². The van der Waals surface area contributed by atoms with Gasteiger partial charge in [0.05, 0.1) is 10.6 Å². The Morgan fingerprint density at radius 3 is 2.65 bits per heavy atom. The highest BCUT2D eigenvalue weighted by Gasteiger charge is 2.19. The summed E-state index contributed by atoms with van der Waals surface area (Å²) in [4.78, 5) is 5.54. The second kappa shape index (κ2) is 4.92. The van der Waals surface area contributed by atoms with Crippen LogP contribution in [0.2, 0.25) is 0 Å². The second-order valence-electron chi connectivity index (χ2n) is 4.49. The third-order valence-corrected chi connectivity index (χ3v) is 3.55. The monoisotopic (exact) mass is 246 g/mol. The Morgan fingerprint density at radius 1 is 1.29 bits per heavy atom. The van der Waals surface area contributed by atoms with Crippen LogP contribution >= 0.6 is 11.5 Å². The Balaban J connectivity index is 2.33. The number of hydrogen-bond donors (Lipinski definition) is 0. The van der Waals surface area contributed by atoms with Gasteiger partial charge in [-0.3, -0.25) is 4.98 Å². The molecule has 3 nitrogen and oxygen atoms in total. The Hall–Kier alpha value is -1.29. The molecular formula is C13H16N3S. The van der Waals surface area contributed by atoms with Crippen molar-refractivity contribution < 1.29 is 0 Å². The minimum atomic E-state index is 0.0213. The zero-order valence-corrected chi connectivity index (χ0v) is 11.2. The molecule has 0 aliphatic heterocycles. The van der Waals surface area contributed by atoms with Crippen LogP contribution in [0.25, 0.3) is 0 Å². The molecule has 0 spiro atoms. The van der Waals surface area contributed by atoms with E-state index >= 15 is 0 Å². The smallest absolute Gasteiger partial charge is 0.0819 e. The molecule has 0 bridgehead atoms. The van der Waals surface area contributed by atoms with Crippen LogP contribution in [0.15, 0.2) is 18.3 Å². The molecule has 2 aromatic rings. The topological polar surface area (TPSA) is 38.7 Å². The number of aromatic nitrogens is 3. The van der Waals surface area contributed by atoms with E-state index in [4.69, 9.17) is 0 Å². The van der Waals surface area contributed by atoms with Gasteiger partial charge in [0, 0.05) is 17.8 Å². The molecule has 2 aromatic heterocycles. The van der Waals surface area contributed by atoms with Gasteiger partial charge in [-0.25, -0.2) is 0 Å². The lowest BCUT2D eigenvalue weighted by atomic mass is 9.99. The molecule has 1 unspecified atom stereocenters. The van der Waals surface area contributed by atoms with Gasteiger partial charge in [0.1, 0.15) is 0 Å². The number of hydrogen-bond acceptors (Lipinski definition) is 4. The first-order chi connectivity index (χ1) is 8.09. The average molecular weight is 246 g/mol. The first kappa shape index (κ1) is 12.2. The molecule has 0 fully saturated rings. The molecule has 17 heavy (non-hydrogen) atoms. The maximum atomic E-state index is 4.42. The van der Waals surface area contributed by atoms with Crippen LogP contribution in [0.5, 0.6) is 0 Å². The average Bonchev–Trinajstić information content (AvgIpc) is 2.78. The molecule has 0 aliphatic rings. The predicted molar refractivity (Wildman–Crippen MR) is 70.2 cm³/mol. The highest BCUT2D eigenvalue weighted by atomic mass is 32.1. The maximum absolute atomic E-state index is 4.42. The van der Waals surface area contributed by atoms with Crippen LogP contribution < -0.4 is 0 Å². The van der Waals surface area contributed by atoms with Crippen LogP contribution in [-0.4, -0.2) is 14.6 Å². The zero-order chi connectivity index (χ0) is 12.4. The molecule has 0 saturated heterocycles. The van der Waals surface area contributed by atoms with E-state index in [0.29, 0.717) is 5.92 Å². The first-order valence-electron chi connectivity index (χ1n) is 5.67. The number of nitrogens with zero attached hydrogens (tertiary/aromatic N) is 3. The van der Waals surface area contributed by atoms with Crippen molar-refractivity contribution in [2.75, 3.05) is 0 Å². The van der Waals surface area contributed by atoms with E-state index in [1.807, 2.05) is 19.2 Å². The normalized spacial score (nSPS) is 13.0. The molecule has 1 atom stereocenters. The van der Waals surface area contributed by atoms with Crippen molar-refractivity contribution >= 4 is 11.5 Å². The van der Waals surface area contributed by atoms with Gasteiger partial charge < -0.3 is 0 Å². The first-order valence-corrected chi connectivity index (χ1v) is 6.44. The summed E-state index contributed by atoms with van der Waals surface area (Å²) in [7, 11) is 0. The van der Waals surface area contributed by atoms with E-state index < -0.39 is 0 Å². The largest absolute Gasteiger partial charge is 0.260 e. The summed E-state index contributed by atoms with van der Waals surface area (Å²) in [5.74, 6) is 0.395. The van der Waals surface area contributed by atoms with Crippen LogP contribution in [0, 0.1) is 13.8 Å². The lowest BCUT2D eigenvalue weighted by Crippen LogP contribution is -2.02. The van der Waals surface area contributed by atoms with E-state index in [0.717, 1.165) is 21.8 Å². The van der Waals surface area contributed by atoms with E-state index in [1.165, 1.54) is 11.5 Å². The molecule has 0 saturated carbocycles. The van der Waals surface area contributed by atoms with E-state index in [9.17, 15) is 0 Å². The fourth-order valence-corrected chi connectivity index (χ4v) is 2.50. The van der Waals surface area contributed by atoms with Gasteiger partial charge in [0.15, 0.2) is 0 Å². The molecule has 0 N–H and O–H groups in total. The Morgan fingerprint density at radius 2 is 2.06 bits per heavy atom. The lowest BCUT2D eigenvalue weighted by Gasteiger charge is -2.11. The van der Waals surface area contributed by atoms with E-state index in [-0.39, 0.29) is 5.92 Å². The van der Waals surface area contributed by atoms with Crippen molar-refractivity contribution in [1.82, 2.24) is 14.6 Å². The number of pyridine rings is 1. The van der Waals surface area contributed by atoms with Gasteiger partial charge >= 0.3 is 0 Å². The molecule has 0 amide bonds. The van der Waals surface area contributed by atoms with Gasteiger partial charge in [-0.15, -0.1) is 5.10 Å². The maximum Gasteiger partial charge on any atom is 0.0819 e. The SMILES string of the molecule is [CH2]C(c1ccc(C)cn1)c1snnc1C(C)C. The van der Waals surface area contributed by atoms with Gasteiger partial charge in [-0.1, -0.05) is 24.4 Å². The molecule has 2 rings (SSSR count). The standard InChI is InChI=1S/C13H16N3S/c1-8(2)12-13(17-16-15-12)10(4)11-6-5-9(3)7-14-11/h5-8,10H,4H2,1-3H3. The fourth-order valence-electron chi connectivity index (χ4n) is 1.67. The van der Waals surface area contributed by atoms with Gasteiger partial charge in [0.2, 0.25) is 0 Å². The van der Waals surface area contributed by atoms with Crippen molar-refractivity contribution in [3.8, 4) is 0 Å². The third kappa shape index (κ3) is 2.52. The highest BCUT2D eigenvalue weighted by molar-refractivity contribution is 7.05. The van der Waals surface area contributed by atoms with Gasteiger partial charge in [-0.05, 0) is 42.9 Å². The van der Waals surface area contributed by atoms with Crippen molar-refractivity contribution in [2.45, 2.75) is 32.6 Å². The van der Waals surface area contributed by atoms with Crippen LogP contribution in [0.3, 0.4) is 0 Å². The summed E-state index contributed by atoms with van der Waals surface area (Å²) >= 11 is 1.42. The predicted octanol–water partition coefficient (Wildman–Crippen LogP) is 3.33. The fraction of sp³-hybridized carbons (Fsp3) is 0.385. The van der Waals surface area contributed by atoms with Crippen molar-refractivity contribution in [3.05, 3.63) is 47.1 Å². The molecule has 4 heteroatoms.